The van der Waals surface area contributed by atoms with Gasteiger partial charge >= 0.3 is 0 Å². The van der Waals surface area contributed by atoms with E-state index in [0.717, 1.165) is 32.2 Å². The van der Waals surface area contributed by atoms with Gasteiger partial charge in [-0.1, -0.05) is 6.92 Å². The lowest BCUT2D eigenvalue weighted by atomic mass is 10.0. The van der Waals surface area contributed by atoms with Gasteiger partial charge < -0.3 is 10.2 Å². The molecular formula is C15H28N4O3S. The van der Waals surface area contributed by atoms with Crippen molar-refractivity contribution in [2.24, 2.45) is 5.92 Å². The molecule has 1 amide bonds. The molecule has 0 radical (unpaired) electrons. The second-order valence-corrected chi connectivity index (χ2v) is 8.96. The topological polar surface area (TPSA) is 73.0 Å². The largest absolute Gasteiger partial charge is 0.336 e. The summed E-state index contributed by atoms with van der Waals surface area (Å²) in [5.74, 6) is 0.515. The lowest BCUT2D eigenvalue weighted by Crippen LogP contribution is -2.59. The molecule has 1 N–H and O–H groups in total. The summed E-state index contributed by atoms with van der Waals surface area (Å²) in [5.41, 5.74) is 0. The quantitative estimate of drug-likeness (QED) is 0.773. The van der Waals surface area contributed by atoms with E-state index in [-0.39, 0.29) is 11.9 Å². The highest BCUT2D eigenvalue weighted by Crippen LogP contribution is 2.25. The molecule has 0 aromatic carbocycles. The first-order valence-electron chi connectivity index (χ1n) is 8.74. The van der Waals surface area contributed by atoms with Crippen LogP contribution in [0.3, 0.4) is 0 Å². The van der Waals surface area contributed by atoms with Crippen LogP contribution >= 0.6 is 0 Å². The Balaban J connectivity index is 1.68. The first-order chi connectivity index (χ1) is 11.0. The lowest BCUT2D eigenvalue weighted by molar-refractivity contribution is -0.135. The first-order valence-corrected chi connectivity index (χ1v) is 10.1. The average Bonchev–Trinajstić information content (AvgIpc) is 2.55. The summed E-state index contributed by atoms with van der Waals surface area (Å²) in [6, 6.07) is 0.0235. The third-order valence-corrected chi connectivity index (χ3v) is 7.17. The Morgan fingerprint density at radius 1 is 1.04 bits per heavy atom. The van der Waals surface area contributed by atoms with Gasteiger partial charge in [0.2, 0.25) is 5.91 Å². The van der Waals surface area contributed by atoms with Crippen LogP contribution in [0.4, 0.5) is 0 Å². The van der Waals surface area contributed by atoms with Crippen molar-refractivity contribution < 1.29 is 13.2 Å². The number of piperidine rings is 2. The molecule has 0 aromatic rings. The summed E-state index contributed by atoms with van der Waals surface area (Å²) in [6.45, 7) is 6.21. The van der Waals surface area contributed by atoms with Gasteiger partial charge in [0.05, 0.1) is 6.54 Å². The van der Waals surface area contributed by atoms with E-state index >= 15 is 0 Å². The minimum atomic E-state index is -3.39. The number of carbonyl (C=O) groups is 1. The smallest absolute Gasteiger partial charge is 0.282 e. The third-order valence-electron chi connectivity index (χ3n) is 5.20. The molecule has 0 aliphatic carbocycles. The van der Waals surface area contributed by atoms with Gasteiger partial charge in [-0.15, -0.1) is 0 Å². The maximum absolute atomic E-state index is 12.9. The molecule has 132 valence electrons. The first kappa shape index (κ1) is 17.1. The molecule has 0 bridgehead atoms. The predicted octanol–water partition coefficient (Wildman–Crippen LogP) is -0.141. The Hall–Kier alpha value is -0.700. The fourth-order valence-electron chi connectivity index (χ4n) is 3.91. The molecule has 0 spiro atoms. The van der Waals surface area contributed by atoms with Gasteiger partial charge in [0.15, 0.2) is 0 Å². The second-order valence-electron chi connectivity index (χ2n) is 7.03. The number of nitrogens with one attached hydrogen (secondary N) is 1. The molecule has 3 heterocycles. The van der Waals surface area contributed by atoms with E-state index in [1.807, 2.05) is 4.90 Å². The van der Waals surface area contributed by atoms with Crippen molar-refractivity contribution in [1.82, 2.24) is 18.8 Å². The molecule has 0 saturated carbocycles. The Morgan fingerprint density at radius 3 is 2.43 bits per heavy atom. The zero-order chi connectivity index (χ0) is 16.4. The van der Waals surface area contributed by atoms with Gasteiger partial charge in [0.25, 0.3) is 10.2 Å². The Kier molecular flexibility index (Phi) is 5.25. The van der Waals surface area contributed by atoms with Gasteiger partial charge in [0, 0.05) is 45.3 Å². The summed E-state index contributed by atoms with van der Waals surface area (Å²) in [4.78, 5) is 14.0. The fourth-order valence-corrected chi connectivity index (χ4v) is 5.76. The summed E-state index contributed by atoms with van der Waals surface area (Å²) >= 11 is 0. The van der Waals surface area contributed by atoms with Crippen molar-refractivity contribution in [3.63, 3.8) is 0 Å². The normalized spacial score (nSPS) is 32.2. The highest BCUT2D eigenvalue weighted by Gasteiger charge is 2.38. The van der Waals surface area contributed by atoms with Gasteiger partial charge in [-0.05, 0) is 31.6 Å². The van der Waals surface area contributed by atoms with Gasteiger partial charge in [0.1, 0.15) is 0 Å². The van der Waals surface area contributed by atoms with Crippen LogP contribution in [0.15, 0.2) is 0 Å². The van der Waals surface area contributed by atoms with Gasteiger partial charge in [-0.2, -0.15) is 17.0 Å². The maximum Gasteiger partial charge on any atom is 0.282 e. The Morgan fingerprint density at radius 2 is 1.74 bits per heavy atom. The number of nitrogens with zero attached hydrogens (tertiary/aromatic N) is 3. The summed E-state index contributed by atoms with van der Waals surface area (Å²) < 4.78 is 29.1. The van der Waals surface area contributed by atoms with Crippen molar-refractivity contribution in [3.05, 3.63) is 0 Å². The van der Waals surface area contributed by atoms with Crippen molar-refractivity contribution in [2.75, 3.05) is 45.8 Å². The van der Waals surface area contributed by atoms with Gasteiger partial charge in [-0.3, -0.25) is 4.79 Å². The molecule has 3 aliphatic heterocycles. The van der Waals surface area contributed by atoms with E-state index in [9.17, 15) is 13.2 Å². The summed E-state index contributed by atoms with van der Waals surface area (Å²) in [6.07, 6.45) is 3.76. The maximum atomic E-state index is 12.9. The molecule has 8 heteroatoms. The number of rotatable bonds is 3. The Bertz CT molecular complexity index is 539. The zero-order valence-corrected chi connectivity index (χ0v) is 14.7. The van der Waals surface area contributed by atoms with Crippen molar-refractivity contribution in [1.29, 1.82) is 0 Å². The highest BCUT2D eigenvalue weighted by molar-refractivity contribution is 7.86. The van der Waals surface area contributed by atoms with E-state index in [2.05, 4.69) is 12.2 Å². The van der Waals surface area contributed by atoms with Crippen molar-refractivity contribution >= 4 is 16.1 Å². The van der Waals surface area contributed by atoms with Gasteiger partial charge in [-0.25, -0.2) is 0 Å². The van der Waals surface area contributed by atoms with Crippen LogP contribution in [-0.2, 0) is 15.0 Å². The van der Waals surface area contributed by atoms with E-state index < -0.39 is 10.2 Å². The molecule has 7 nitrogen and oxygen atoms in total. The SMILES string of the molecule is CC1CCCN(S(=O)(=O)N2CCCC(N3CCNCC3=O)C2)C1. The molecule has 3 fully saturated rings. The molecule has 0 aromatic heterocycles. The molecular weight excluding hydrogens is 316 g/mol. The number of piperazine rings is 1. The van der Waals surface area contributed by atoms with E-state index in [4.69, 9.17) is 0 Å². The average molecular weight is 344 g/mol. The molecule has 2 unspecified atom stereocenters. The minimum Gasteiger partial charge on any atom is -0.336 e. The zero-order valence-electron chi connectivity index (χ0n) is 13.9. The number of hydrogen-bond acceptors (Lipinski definition) is 4. The van der Waals surface area contributed by atoms with Crippen LogP contribution in [-0.4, -0.2) is 79.7 Å². The number of hydrogen-bond donors (Lipinski definition) is 1. The minimum absolute atomic E-state index is 0.0235. The molecule has 23 heavy (non-hydrogen) atoms. The van der Waals surface area contributed by atoms with E-state index in [1.54, 1.807) is 8.61 Å². The van der Waals surface area contributed by atoms with Crippen LogP contribution in [0.25, 0.3) is 0 Å². The van der Waals surface area contributed by atoms with Crippen LogP contribution < -0.4 is 5.32 Å². The Labute approximate surface area is 139 Å². The lowest BCUT2D eigenvalue weighted by Gasteiger charge is -2.42. The summed E-state index contributed by atoms with van der Waals surface area (Å²) in [7, 11) is -3.39. The summed E-state index contributed by atoms with van der Waals surface area (Å²) in [5, 5.41) is 3.07. The fraction of sp³-hybridized carbons (Fsp3) is 0.933. The monoisotopic (exact) mass is 344 g/mol. The van der Waals surface area contributed by atoms with Crippen molar-refractivity contribution in [2.45, 2.75) is 38.6 Å². The molecule has 3 aliphatic rings. The van der Waals surface area contributed by atoms with Crippen LogP contribution in [0.1, 0.15) is 32.6 Å². The van der Waals surface area contributed by atoms with Crippen molar-refractivity contribution in [3.8, 4) is 0 Å². The van der Waals surface area contributed by atoms with Crippen LogP contribution in [0.2, 0.25) is 0 Å². The molecule has 3 saturated heterocycles. The van der Waals surface area contributed by atoms with E-state index in [0.29, 0.717) is 45.2 Å². The third kappa shape index (κ3) is 3.70. The number of carbonyl (C=O) groups excluding carboxylic acids is 1. The second kappa shape index (κ2) is 7.04. The standard InChI is InChI=1S/C15H28N4O3S/c1-13-4-2-7-17(11-13)23(21,22)18-8-3-5-14(12-18)19-9-6-16-10-15(19)20/h13-14,16H,2-12H2,1H3. The molecule has 3 rings (SSSR count). The highest BCUT2D eigenvalue weighted by atomic mass is 32.2. The van der Waals surface area contributed by atoms with Crippen LogP contribution in [0.5, 0.6) is 0 Å². The predicted molar refractivity (Wildman–Crippen MR) is 88.1 cm³/mol. The molecule has 2 atom stereocenters. The number of amides is 1. The van der Waals surface area contributed by atoms with E-state index in [1.165, 1.54) is 0 Å². The van der Waals surface area contributed by atoms with Crippen LogP contribution in [0, 0.1) is 5.92 Å².